The molecule has 0 atom stereocenters. The number of benzene rings is 8. The van der Waals surface area contributed by atoms with Crippen molar-refractivity contribution in [3.63, 3.8) is 0 Å². The Morgan fingerprint density at radius 1 is 0.406 bits per heavy atom. The van der Waals surface area contributed by atoms with Crippen LogP contribution in [-0.4, -0.2) is 19.1 Å². The molecule has 3 heterocycles. The maximum atomic E-state index is 5.27. The molecule has 0 aliphatic rings. The van der Waals surface area contributed by atoms with Crippen molar-refractivity contribution in [3.05, 3.63) is 231 Å². The Balaban J connectivity index is 0.000000556. The van der Waals surface area contributed by atoms with E-state index in [0.717, 1.165) is 68.9 Å². The van der Waals surface area contributed by atoms with Crippen molar-refractivity contribution >= 4 is 43.5 Å². The summed E-state index contributed by atoms with van der Waals surface area (Å²) in [6, 6.07) is 71.1. The Kier molecular flexibility index (Phi) is 11.3. The smallest absolute Gasteiger partial charge is 0.160 e. The lowest BCUT2D eigenvalue weighted by atomic mass is 10.0. The highest BCUT2D eigenvalue weighted by Crippen LogP contribution is 2.40. The van der Waals surface area contributed by atoms with Gasteiger partial charge in [0.05, 0.1) is 27.9 Å². The topological polar surface area (TPSA) is 35.6 Å². The number of nitrogens with zero attached hydrogens (tertiary/aromatic N) is 4. The van der Waals surface area contributed by atoms with E-state index in [1.165, 1.54) is 38.0 Å². The zero-order valence-corrected chi connectivity index (χ0v) is 36.1. The van der Waals surface area contributed by atoms with Gasteiger partial charge in [0.15, 0.2) is 5.82 Å². The van der Waals surface area contributed by atoms with Crippen LogP contribution in [0.25, 0.3) is 99.9 Å². The summed E-state index contributed by atoms with van der Waals surface area (Å²) in [5.41, 5.74) is 12.8. The van der Waals surface area contributed by atoms with E-state index >= 15 is 0 Å². The number of fused-ring (bicyclic) bond motifs is 6. The monoisotopic (exact) mass is 824 g/mol. The fourth-order valence-electron chi connectivity index (χ4n) is 8.68. The lowest BCUT2D eigenvalue weighted by Gasteiger charge is -2.15. The minimum Gasteiger partial charge on any atom is -0.317 e. The van der Waals surface area contributed by atoms with E-state index in [4.69, 9.17) is 9.97 Å². The molecule has 308 valence electrons. The van der Waals surface area contributed by atoms with Crippen LogP contribution in [0.3, 0.4) is 0 Å². The fraction of sp³-hybridized carbons (Fsp3) is 0.0667. The first-order valence-electron chi connectivity index (χ1n) is 22.2. The second kappa shape index (κ2) is 18.1. The van der Waals surface area contributed by atoms with Crippen LogP contribution in [0.5, 0.6) is 0 Å². The van der Waals surface area contributed by atoms with Crippen molar-refractivity contribution < 1.29 is 0 Å². The first-order chi connectivity index (χ1) is 31.7. The first-order valence-corrected chi connectivity index (χ1v) is 22.2. The van der Waals surface area contributed by atoms with Gasteiger partial charge in [-0.05, 0) is 90.0 Å². The minimum atomic E-state index is 0.679. The van der Waals surface area contributed by atoms with Gasteiger partial charge in [-0.15, -0.1) is 0 Å². The van der Waals surface area contributed by atoms with E-state index in [2.05, 4.69) is 242 Å². The molecule has 8 aromatic carbocycles. The molecule has 11 rings (SSSR count). The zero-order valence-electron chi connectivity index (χ0n) is 36.1. The molecule has 0 radical (unpaired) electrons. The van der Waals surface area contributed by atoms with Crippen LogP contribution in [0, 0.1) is 0 Å². The quantitative estimate of drug-likeness (QED) is 0.136. The van der Waals surface area contributed by atoms with Gasteiger partial charge in [-0.3, -0.25) is 0 Å². The SMILES string of the molecule is CC/C=C\C=C/CC.c1ccc(-c2cc(-c3nc(-c4ccccc4)cc(-c4ccccc4)n3)cc(-n3c4ccccc4c4ccc5cc6c(ccn6-c6ccccc6)cc5c43)c2)cc1. The van der Waals surface area contributed by atoms with Gasteiger partial charge < -0.3 is 9.13 Å². The van der Waals surface area contributed by atoms with Crippen LogP contribution in [0.2, 0.25) is 0 Å². The van der Waals surface area contributed by atoms with E-state index < -0.39 is 0 Å². The number of allylic oxidation sites excluding steroid dienone is 4. The molecule has 64 heavy (non-hydrogen) atoms. The van der Waals surface area contributed by atoms with Gasteiger partial charge in [-0.25, -0.2) is 9.97 Å². The number of aromatic nitrogens is 4. The van der Waals surface area contributed by atoms with Crippen molar-refractivity contribution in [1.82, 2.24) is 19.1 Å². The molecular formula is C60H48N4. The molecular weight excluding hydrogens is 777 g/mol. The van der Waals surface area contributed by atoms with Crippen LogP contribution in [0.15, 0.2) is 231 Å². The number of hydrogen-bond donors (Lipinski definition) is 0. The highest BCUT2D eigenvalue weighted by atomic mass is 15.0. The van der Waals surface area contributed by atoms with Crippen molar-refractivity contribution in [2.45, 2.75) is 26.7 Å². The van der Waals surface area contributed by atoms with Crippen molar-refractivity contribution in [2.75, 3.05) is 0 Å². The molecule has 0 saturated carbocycles. The van der Waals surface area contributed by atoms with E-state index in [-0.39, 0.29) is 0 Å². The number of rotatable bonds is 9. The second-order valence-electron chi connectivity index (χ2n) is 16.0. The van der Waals surface area contributed by atoms with Crippen LogP contribution in [0.1, 0.15) is 26.7 Å². The molecule has 0 unspecified atom stereocenters. The molecule has 4 nitrogen and oxygen atoms in total. The van der Waals surface area contributed by atoms with E-state index in [1.807, 2.05) is 12.1 Å². The third kappa shape index (κ3) is 7.94. The molecule has 11 aromatic rings. The zero-order chi connectivity index (χ0) is 43.2. The Bertz CT molecular complexity index is 3360. The lowest BCUT2D eigenvalue weighted by molar-refractivity contribution is 1.13. The average Bonchev–Trinajstić information content (AvgIpc) is 3.95. The summed E-state index contributed by atoms with van der Waals surface area (Å²) in [4.78, 5) is 10.5. The summed E-state index contributed by atoms with van der Waals surface area (Å²) in [5, 5.41) is 6.03. The molecule has 0 spiro atoms. The third-order valence-corrected chi connectivity index (χ3v) is 11.8. The molecule has 3 aromatic heterocycles. The maximum absolute atomic E-state index is 5.27. The molecule has 0 saturated heterocycles. The second-order valence-corrected chi connectivity index (χ2v) is 16.0. The molecule has 0 aliphatic carbocycles. The van der Waals surface area contributed by atoms with Gasteiger partial charge in [-0.1, -0.05) is 178 Å². The number of hydrogen-bond acceptors (Lipinski definition) is 2. The van der Waals surface area contributed by atoms with E-state index in [0.29, 0.717) is 5.82 Å². The Hall–Kier alpha value is -8.08. The van der Waals surface area contributed by atoms with Gasteiger partial charge in [-0.2, -0.15) is 0 Å². The van der Waals surface area contributed by atoms with Gasteiger partial charge >= 0.3 is 0 Å². The normalized spacial score (nSPS) is 11.6. The van der Waals surface area contributed by atoms with Gasteiger partial charge in [0, 0.05) is 55.8 Å². The maximum Gasteiger partial charge on any atom is 0.160 e. The molecule has 0 aliphatic heterocycles. The average molecular weight is 825 g/mol. The summed E-state index contributed by atoms with van der Waals surface area (Å²) in [6.07, 6.45) is 12.9. The number of para-hydroxylation sites is 2. The summed E-state index contributed by atoms with van der Waals surface area (Å²) in [5.74, 6) is 0.679. The van der Waals surface area contributed by atoms with E-state index in [9.17, 15) is 0 Å². The van der Waals surface area contributed by atoms with Crippen LogP contribution in [0.4, 0.5) is 0 Å². The molecule has 4 heteroatoms. The van der Waals surface area contributed by atoms with Gasteiger partial charge in [0.2, 0.25) is 0 Å². The summed E-state index contributed by atoms with van der Waals surface area (Å²) >= 11 is 0. The van der Waals surface area contributed by atoms with E-state index in [1.54, 1.807) is 0 Å². The van der Waals surface area contributed by atoms with Crippen molar-refractivity contribution in [1.29, 1.82) is 0 Å². The van der Waals surface area contributed by atoms with Crippen LogP contribution < -0.4 is 0 Å². The Morgan fingerprint density at radius 3 is 1.62 bits per heavy atom. The van der Waals surface area contributed by atoms with Crippen molar-refractivity contribution in [2.24, 2.45) is 0 Å². The summed E-state index contributed by atoms with van der Waals surface area (Å²) in [7, 11) is 0. The molecule has 0 fully saturated rings. The summed E-state index contributed by atoms with van der Waals surface area (Å²) < 4.78 is 4.72. The molecule has 0 N–H and O–H groups in total. The Morgan fingerprint density at radius 2 is 0.984 bits per heavy atom. The largest absolute Gasteiger partial charge is 0.317 e. The van der Waals surface area contributed by atoms with Gasteiger partial charge in [0.25, 0.3) is 0 Å². The highest BCUT2D eigenvalue weighted by molar-refractivity contribution is 6.20. The summed E-state index contributed by atoms with van der Waals surface area (Å²) in [6.45, 7) is 4.27. The third-order valence-electron chi connectivity index (χ3n) is 11.8. The van der Waals surface area contributed by atoms with Crippen molar-refractivity contribution in [3.8, 4) is 56.4 Å². The molecule has 0 amide bonds. The fourth-order valence-corrected chi connectivity index (χ4v) is 8.68. The first kappa shape index (κ1) is 40.0. The predicted molar refractivity (Wildman–Crippen MR) is 271 cm³/mol. The predicted octanol–water partition coefficient (Wildman–Crippen LogP) is 16.3. The Labute approximate surface area is 374 Å². The lowest BCUT2D eigenvalue weighted by Crippen LogP contribution is -1.99. The van der Waals surface area contributed by atoms with Crippen LogP contribution >= 0.6 is 0 Å². The standard InChI is InChI=1S/C52H34N4.C8H14/c1-5-15-35(16-6-1)40-29-41(52-53-47(36-17-7-2-8-18-36)34-48(54-52)37-19-9-3-10-20-37)31-43(30-40)56-49-24-14-13-23-44(49)45-26-25-38-33-50-39(32-46(38)51(45)56)27-28-55(50)42-21-11-4-12-22-42;1-3-5-7-8-6-4-2/h1-34H;5-8H,3-4H2,1-2H3/b;7-5-,8-6-. The minimum absolute atomic E-state index is 0.679. The van der Waals surface area contributed by atoms with Gasteiger partial charge in [0.1, 0.15) is 0 Å². The van der Waals surface area contributed by atoms with Crippen LogP contribution in [-0.2, 0) is 0 Å². The molecule has 0 bridgehead atoms. The highest BCUT2D eigenvalue weighted by Gasteiger charge is 2.19.